The van der Waals surface area contributed by atoms with Gasteiger partial charge in [-0.05, 0) is 43.3 Å². The summed E-state index contributed by atoms with van der Waals surface area (Å²) >= 11 is 0. The van der Waals surface area contributed by atoms with Gasteiger partial charge in [-0.2, -0.15) is 0 Å². The quantitative estimate of drug-likeness (QED) is 0.717. The number of aromatic nitrogens is 1. The maximum atomic E-state index is 12.9. The van der Waals surface area contributed by atoms with Gasteiger partial charge in [-0.15, -0.1) is 0 Å². The van der Waals surface area contributed by atoms with E-state index in [0.717, 1.165) is 0 Å². The van der Waals surface area contributed by atoms with Crippen molar-refractivity contribution >= 4 is 17.4 Å². The smallest absolute Gasteiger partial charge is 0.230 e. The summed E-state index contributed by atoms with van der Waals surface area (Å²) in [6, 6.07) is 14.2. The van der Waals surface area contributed by atoms with Gasteiger partial charge in [0.1, 0.15) is 5.82 Å². The number of benzene rings is 2. The molecule has 0 atom stereocenters. The minimum absolute atomic E-state index is 0.0228. The molecule has 0 spiro atoms. The van der Waals surface area contributed by atoms with E-state index in [0.29, 0.717) is 28.3 Å². The van der Waals surface area contributed by atoms with E-state index in [1.807, 2.05) is 0 Å². The van der Waals surface area contributed by atoms with Gasteiger partial charge < -0.3 is 9.84 Å². The maximum Gasteiger partial charge on any atom is 0.230 e. The Morgan fingerprint density at radius 2 is 1.88 bits per heavy atom. The molecule has 0 unspecified atom stereocenters. The Labute approximate surface area is 143 Å². The molecule has 1 amide bonds. The molecule has 0 fully saturated rings. The standard InChI is InChI=1S/C19H15FN2O3/c1-12(23)14-3-2-4-16(9-14)21-19(24)11-17-10-18(25-22-17)13-5-7-15(20)8-6-13/h2-10H,11H2,1H3,(H,21,24). The van der Waals surface area contributed by atoms with E-state index in [1.54, 1.807) is 42.5 Å². The molecule has 1 N–H and O–H groups in total. The molecule has 1 aromatic heterocycles. The lowest BCUT2D eigenvalue weighted by molar-refractivity contribution is -0.115. The van der Waals surface area contributed by atoms with Crippen LogP contribution in [0.2, 0.25) is 0 Å². The van der Waals surface area contributed by atoms with Crippen molar-refractivity contribution in [2.45, 2.75) is 13.3 Å². The molecular formula is C19H15FN2O3. The van der Waals surface area contributed by atoms with E-state index in [4.69, 9.17) is 4.52 Å². The number of halogens is 1. The summed E-state index contributed by atoms with van der Waals surface area (Å²) in [6.07, 6.45) is 0.0228. The van der Waals surface area contributed by atoms with E-state index in [9.17, 15) is 14.0 Å². The van der Waals surface area contributed by atoms with E-state index >= 15 is 0 Å². The number of nitrogens with one attached hydrogen (secondary N) is 1. The maximum absolute atomic E-state index is 12.9. The average molecular weight is 338 g/mol. The number of carbonyl (C=O) groups excluding carboxylic acids is 2. The summed E-state index contributed by atoms with van der Waals surface area (Å²) in [7, 11) is 0. The van der Waals surface area contributed by atoms with Crippen LogP contribution in [0.4, 0.5) is 10.1 Å². The van der Waals surface area contributed by atoms with Crippen LogP contribution in [0, 0.1) is 5.82 Å². The molecule has 0 saturated carbocycles. The van der Waals surface area contributed by atoms with Gasteiger partial charge in [-0.1, -0.05) is 17.3 Å². The van der Waals surface area contributed by atoms with E-state index < -0.39 is 0 Å². The largest absolute Gasteiger partial charge is 0.356 e. The van der Waals surface area contributed by atoms with Crippen LogP contribution in [0.3, 0.4) is 0 Å². The van der Waals surface area contributed by atoms with Gasteiger partial charge in [0, 0.05) is 22.9 Å². The van der Waals surface area contributed by atoms with Gasteiger partial charge >= 0.3 is 0 Å². The van der Waals surface area contributed by atoms with Gasteiger partial charge in [0.15, 0.2) is 11.5 Å². The van der Waals surface area contributed by atoms with Crippen LogP contribution < -0.4 is 5.32 Å². The summed E-state index contributed by atoms with van der Waals surface area (Å²) < 4.78 is 18.1. The zero-order valence-corrected chi connectivity index (χ0v) is 13.5. The fraction of sp³-hybridized carbons (Fsp3) is 0.105. The first-order valence-electron chi connectivity index (χ1n) is 7.63. The molecule has 0 aliphatic carbocycles. The van der Waals surface area contributed by atoms with Crippen molar-refractivity contribution in [2.75, 3.05) is 5.32 Å². The number of rotatable bonds is 5. The third-order valence-electron chi connectivity index (χ3n) is 3.58. The molecule has 3 rings (SSSR count). The number of anilines is 1. The second kappa shape index (κ2) is 7.09. The molecule has 1 heterocycles. The number of ketones is 1. The van der Waals surface area contributed by atoms with E-state index in [1.165, 1.54) is 19.1 Å². The molecule has 0 saturated heterocycles. The summed E-state index contributed by atoms with van der Waals surface area (Å²) in [5, 5.41) is 6.58. The van der Waals surface area contributed by atoms with Crippen LogP contribution in [-0.2, 0) is 11.2 Å². The number of hydrogen-bond donors (Lipinski definition) is 1. The number of amides is 1. The summed E-state index contributed by atoms with van der Waals surface area (Å²) in [6.45, 7) is 1.47. The molecule has 126 valence electrons. The third kappa shape index (κ3) is 4.17. The predicted molar refractivity (Wildman–Crippen MR) is 90.7 cm³/mol. The highest BCUT2D eigenvalue weighted by atomic mass is 19.1. The molecular weight excluding hydrogens is 323 g/mol. The molecule has 2 aromatic carbocycles. The monoisotopic (exact) mass is 338 g/mol. The van der Waals surface area contributed by atoms with E-state index in [-0.39, 0.29) is 23.9 Å². The van der Waals surface area contributed by atoms with Crippen LogP contribution in [-0.4, -0.2) is 16.8 Å². The highest BCUT2D eigenvalue weighted by Gasteiger charge is 2.11. The second-order valence-electron chi connectivity index (χ2n) is 5.55. The van der Waals surface area contributed by atoms with Gasteiger partial charge in [0.25, 0.3) is 0 Å². The summed E-state index contributed by atoms with van der Waals surface area (Å²) in [5.41, 5.74) is 2.20. The lowest BCUT2D eigenvalue weighted by Gasteiger charge is -2.05. The van der Waals surface area contributed by atoms with Gasteiger partial charge in [0.05, 0.1) is 12.1 Å². The Morgan fingerprint density at radius 1 is 1.12 bits per heavy atom. The lowest BCUT2D eigenvalue weighted by Crippen LogP contribution is -2.14. The average Bonchev–Trinajstić information content (AvgIpc) is 3.04. The molecule has 0 bridgehead atoms. The summed E-state index contributed by atoms with van der Waals surface area (Å²) in [5.74, 6) is -0.228. The van der Waals surface area contributed by atoms with Crippen molar-refractivity contribution in [3.63, 3.8) is 0 Å². The molecule has 0 aliphatic heterocycles. The Morgan fingerprint density at radius 3 is 2.60 bits per heavy atom. The molecule has 0 aliphatic rings. The van der Waals surface area contributed by atoms with E-state index in [2.05, 4.69) is 10.5 Å². The normalized spacial score (nSPS) is 10.5. The van der Waals surface area contributed by atoms with Crippen LogP contribution in [0.25, 0.3) is 11.3 Å². The molecule has 3 aromatic rings. The fourth-order valence-corrected chi connectivity index (χ4v) is 2.33. The van der Waals surface area contributed by atoms with Crippen molar-refractivity contribution in [3.05, 3.63) is 71.7 Å². The zero-order valence-electron chi connectivity index (χ0n) is 13.5. The van der Waals surface area contributed by atoms with Crippen LogP contribution >= 0.6 is 0 Å². The number of Topliss-reactive ketones (excluding diaryl/α,β-unsaturated/α-hetero) is 1. The van der Waals surface area contributed by atoms with Crippen molar-refractivity contribution in [3.8, 4) is 11.3 Å². The Hall–Kier alpha value is -3.28. The highest BCUT2D eigenvalue weighted by Crippen LogP contribution is 2.21. The Balaban J connectivity index is 1.66. The van der Waals surface area contributed by atoms with Crippen LogP contribution in [0.1, 0.15) is 23.0 Å². The van der Waals surface area contributed by atoms with Gasteiger partial charge in [-0.25, -0.2) is 4.39 Å². The van der Waals surface area contributed by atoms with Crippen LogP contribution in [0.15, 0.2) is 59.1 Å². The number of hydrogen-bond acceptors (Lipinski definition) is 4. The second-order valence-corrected chi connectivity index (χ2v) is 5.55. The number of nitrogens with zero attached hydrogens (tertiary/aromatic N) is 1. The highest BCUT2D eigenvalue weighted by molar-refractivity contribution is 5.97. The molecule has 0 radical (unpaired) electrons. The first-order valence-corrected chi connectivity index (χ1v) is 7.63. The summed E-state index contributed by atoms with van der Waals surface area (Å²) in [4.78, 5) is 23.5. The minimum atomic E-state index is -0.337. The SMILES string of the molecule is CC(=O)c1cccc(NC(=O)Cc2cc(-c3ccc(F)cc3)on2)c1. The minimum Gasteiger partial charge on any atom is -0.356 e. The van der Waals surface area contributed by atoms with Crippen molar-refractivity contribution in [2.24, 2.45) is 0 Å². The van der Waals surface area contributed by atoms with Gasteiger partial charge in [-0.3, -0.25) is 9.59 Å². The van der Waals surface area contributed by atoms with Gasteiger partial charge in [0.2, 0.25) is 5.91 Å². The number of carbonyl (C=O) groups is 2. The third-order valence-corrected chi connectivity index (χ3v) is 3.58. The molecule has 25 heavy (non-hydrogen) atoms. The topological polar surface area (TPSA) is 72.2 Å². The fourth-order valence-electron chi connectivity index (χ4n) is 2.33. The molecule has 5 nitrogen and oxygen atoms in total. The zero-order chi connectivity index (χ0) is 17.8. The Bertz CT molecular complexity index is 916. The van der Waals surface area contributed by atoms with Crippen LogP contribution in [0.5, 0.6) is 0 Å². The van der Waals surface area contributed by atoms with Crippen molar-refractivity contribution in [1.82, 2.24) is 5.16 Å². The first kappa shape index (κ1) is 16.6. The lowest BCUT2D eigenvalue weighted by atomic mass is 10.1. The predicted octanol–water partition coefficient (Wildman–Crippen LogP) is 3.86. The molecule has 6 heteroatoms. The first-order chi connectivity index (χ1) is 12.0. The van der Waals surface area contributed by atoms with Crippen molar-refractivity contribution < 1.29 is 18.5 Å². The van der Waals surface area contributed by atoms with Crippen molar-refractivity contribution in [1.29, 1.82) is 0 Å². The Kier molecular flexibility index (Phi) is 4.70.